The van der Waals surface area contributed by atoms with Gasteiger partial charge in [-0.1, -0.05) is 178 Å². The van der Waals surface area contributed by atoms with Crippen molar-refractivity contribution in [2.75, 3.05) is 41.9 Å². The van der Waals surface area contributed by atoms with Gasteiger partial charge in [-0.05, 0) is 25.7 Å². The quantitative estimate of drug-likeness (QED) is 0.0249. The molecule has 7 aromatic rings. The fourth-order valence-corrected chi connectivity index (χ4v) is 14.8. The van der Waals surface area contributed by atoms with Crippen molar-refractivity contribution in [2.24, 2.45) is 0 Å². The van der Waals surface area contributed by atoms with Crippen molar-refractivity contribution in [1.82, 2.24) is 39.9 Å². The first-order valence-corrected chi connectivity index (χ1v) is 34.4. The van der Waals surface area contributed by atoms with Crippen molar-refractivity contribution in [3.8, 4) is 45.6 Å². The van der Waals surface area contributed by atoms with E-state index in [1.807, 2.05) is 76.2 Å². The van der Waals surface area contributed by atoms with Crippen LogP contribution in [0.5, 0.6) is 0 Å². The van der Waals surface area contributed by atoms with Crippen LogP contribution >= 0.6 is 0 Å². The Morgan fingerprint density at radius 3 is 0.887 bits per heavy atom. The van der Waals surface area contributed by atoms with Gasteiger partial charge in [0.15, 0.2) is 23.3 Å². The molecule has 426 valence electrons. The molecule has 0 saturated heterocycles. The molecule has 4 aromatic carbocycles. The summed E-state index contributed by atoms with van der Waals surface area (Å²) in [4.78, 5) is 37.1. The third-order valence-electron chi connectivity index (χ3n) is 14.1. The van der Waals surface area contributed by atoms with E-state index in [0.717, 1.165) is 62.1 Å². The van der Waals surface area contributed by atoms with Crippen molar-refractivity contribution >= 4 is 107 Å². The summed E-state index contributed by atoms with van der Waals surface area (Å²) in [5.41, 5.74) is 0.857. The van der Waals surface area contributed by atoms with Gasteiger partial charge >= 0.3 is 0 Å². The lowest BCUT2D eigenvalue weighted by atomic mass is 10.1. The van der Waals surface area contributed by atoms with Gasteiger partial charge in [0.25, 0.3) is 0 Å². The minimum absolute atomic E-state index is 0.0995. The molecule has 5 heterocycles. The highest BCUT2D eigenvalue weighted by atomic mass is 32.2. The largest absolute Gasteiger partial charge is 0.324 e. The van der Waals surface area contributed by atoms with E-state index in [9.17, 15) is 33.7 Å². The first kappa shape index (κ1) is 57.9. The Bertz CT molecular complexity index is 3820. The molecule has 0 fully saturated rings. The summed E-state index contributed by atoms with van der Waals surface area (Å²) in [7, 11) is -17.8. The molecule has 8 bridgehead atoms. The molecule has 0 atom stereocenters. The summed E-state index contributed by atoms with van der Waals surface area (Å²) in [6.45, 7) is 7.96. The Morgan fingerprint density at radius 2 is 0.588 bits per heavy atom. The minimum atomic E-state index is -4.48. The summed E-state index contributed by atoms with van der Waals surface area (Å²) in [5, 5.41) is 1.19. The highest BCUT2D eigenvalue weighted by molar-refractivity contribution is 7.94. The zero-order valence-corrected chi connectivity index (χ0v) is 48.9. The zero-order chi connectivity index (χ0) is 56.7. The Kier molecular flexibility index (Phi) is 18.1. The second-order valence-electron chi connectivity index (χ2n) is 20.4. The van der Waals surface area contributed by atoms with Crippen molar-refractivity contribution in [1.29, 1.82) is 0 Å². The first-order chi connectivity index (χ1) is 38.4. The molecule has 2 aliphatic rings. The predicted molar refractivity (Wildman–Crippen MR) is 322 cm³/mol. The van der Waals surface area contributed by atoms with Crippen LogP contribution in [-0.4, -0.2) is 96.6 Å². The fraction of sp³-hybridized carbons (Fsp3) is 0.429. The number of sulfonamides is 4. The van der Waals surface area contributed by atoms with Crippen LogP contribution in [0.1, 0.15) is 130 Å². The van der Waals surface area contributed by atoms with E-state index in [1.165, 1.54) is 0 Å². The Morgan fingerprint density at radius 1 is 0.325 bits per heavy atom. The van der Waals surface area contributed by atoms with Gasteiger partial charge in [-0.3, -0.25) is 18.9 Å². The number of H-pyrrole nitrogens is 2. The maximum absolute atomic E-state index is 14.8. The Hall–Kier alpha value is -6.76. The van der Waals surface area contributed by atoms with Crippen LogP contribution in [0.15, 0.2) is 72.8 Å². The number of aromatic nitrogens is 8. The lowest BCUT2D eigenvalue weighted by molar-refractivity contribution is 0.591. The van der Waals surface area contributed by atoms with Crippen molar-refractivity contribution in [3.05, 3.63) is 72.8 Å². The van der Waals surface area contributed by atoms with Crippen LogP contribution < -0.4 is 18.9 Å². The third kappa shape index (κ3) is 13.4. The first-order valence-electron chi connectivity index (χ1n) is 27.8. The van der Waals surface area contributed by atoms with Gasteiger partial charge in [-0.15, -0.1) is 0 Å². The number of benzene rings is 4. The molecule has 6 N–H and O–H groups in total. The smallest absolute Gasteiger partial charge is 0.232 e. The SMILES string of the molecule is CCCCCCS(=O)(=O)Nc1c(NS(=O)(=O)CCCCCC)c(NS(=O)(=O)CCCCCC)c2c3nc4nc(nc5[nH]c(nc6nc(nc([nH]3)c2c1NS(=O)(=O)CCCCCC)-c1ccccc1-6)c1ccccc51)-c1ccccc1-4. The maximum Gasteiger partial charge on any atom is 0.232 e. The summed E-state index contributed by atoms with van der Waals surface area (Å²) in [6.07, 6.45) is 9.38. The minimum Gasteiger partial charge on any atom is -0.324 e. The molecule has 0 spiro atoms. The standard InChI is InChI=1S/C56H70N12O8S4/c1-5-9-13-23-33-77(69,70)65-45-43-44(46(66-78(71,72)34-24-14-10-6-2)48(68-80(75,76)36-26-16-12-8-4)47(45)67-79(73,74)35-25-15-11-7-3)56-63-54-42-32-22-20-30-40(42)52(61-54)59-50-38-28-18-17-27-37(38)49(57-50)58-51-39-29-19-21-31-41(39)53(60-51)62-55(43)64-56/h17-22,27-32,65-68H,5-16,23-26,33-36H2,1-4H3,(H2,57,58,59,60,61,62,63,64). The van der Waals surface area contributed by atoms with Gasteiger partial charge in [0.1, 0.15) is 22.6 Å². The van der Waals surface area contributed by atoms with E-state index in [0.29, 0.717) is 59.2 Å². The molecule has 0 aliphatic carbocycles. The predicted octanol–water partition coefficient (Wildman–Crippen LogP) is 12.2. The zero-order valence-electron chi connectivity index (χ0n) is 45.7. The highest BCUT2D eigenvalue weighted by Gasteiger charge is 2.34. The highest BCUT2D eigenvalue weighted by Crippen LogP contribution is 2.50. The molecule has 20 nitrogen and oxygen atoms in total. The van der Waals surface area contributed by atoms with Crippen LogP contribution in [-0.2, 0) is 40.1 Å². The number of hydrogen-bond acceptors (Lipinski definition) is 14. The van der Waals surface area contributed by atoms with Crippen LogP contribution in [0, 0.1) is 0 Å². The number of rotatable bonds is 28. The van der Waals surface area contributed by atoms with E-state index in [4.69, 9.17) is 29.9 Å². The molecule has 0 radical (unpaired) electrons. The van der Waals surface area contributed by atoms with E-state index in [1.54, 1.807) is 24.3 Å². The maximum atomic E-state index is 14.8. The molecule has 0 amide bonds. The van der Waals surface area contributed by atoms with Crippen LogP contribution in [0.2, 0.25) is 0 Å². The Balaban J connectivity index is 1.49. The lowest BCUT2D eigenvalue weighted by Crippen LogP contribution is -2.25. The third-order valence-corrected chi connectivity index (χ3v) is 19.5. The number of anilines is 4. The summed E-state index contributed by atoms with van der Waals surface area (Å²) in [6, 6.07) is 22.1. The van der Waals surface area contributed by atoms with Gasteiger partial charge in [-0.2, -0.15) is 0 Å². The fourth-order valence-electron chi connectivity index (χ4n) is 10.0. The second kappa shape index (κ2) is 24.9. The Labute approximate surface area is 468 Å². The van der Waals surface area contributed by atoms with Gasteiger partial charge in [0.05, 0.1) is 56.5 Å². The molecule has 0 saturated carbocycles. The van der Waals surface area contributed by atoms with Crippen molar-refractivity contribution in [2.45, 2.75) is 130 Å². The molecule has 9 rings (SSSR count). The second-order valence-corrected chi connectivity index (χ2v) is 27.8. The molecular formula is C56H70N12O8S4. The summed E-state index contributed by atoms with van der Waals surface area (Å²) < 4.78 is 128. The number of fused-ring (bicyclic) bond motifs is 20. The van der Waals surface area contributed by atoms with Gasteiger partial charge < -0.3 is 9.97 Å². The van der Waals surface area contributed by atoms with E-state index in [-0.39, 0.29) is 71.0 Å². The van der Waals surface area contributed by atoms with E-state index < -0.39 is 85.9 Å². The number of aromatic amines is 2. The molecule has 24 heteroatoms. The summed E-state index contributed by atoms with van der Waals surface area (Å²) in [5.74, 6) is -0.940. The van der Waals surface area contributed by atoms with Crippen LogP contribution in [0.4, 0.5) is 22.7 Å². The molecule has 2 aliphatic heterocycles. The van der Waals surface area contributed by atoms with Crippen molar-refractivity contribution in [3.63, 3.8) is 0 Å². The summed E-state index contributed by atoms with van der Waals surface area (Å²) >= 11 is 0. The molecule has 80 heavy (non-hydrogen) atoms. The molecule has 0 unspecified atom stereocenters. The number of nitrogens with one attached hydrogen (secondary N) is 6. The van der Waals surface area contributed by atoms with E-state index >= 15 is 0 Å². The van der Waals surface area contributed by atoms with E-state index in [2.05, 4.69) is 28.9 Å². The lowest BCUT2D eigenvalue weighted by Gasteiger charge is -2.24. The van der Waals surface area contributed by atoms with Gasteiger partial charge in [0, 0.05) is 33.0 Å². The van der Waals surface area contributed by atoms with Crippen LogP contribution in [0.25, 0.3) is 89.7 Å². The number of nitrogens with zero attached hydrogens (tertiary/aromatic N) is 6. The average molecular weight is 1170 g/mol. The normalized spacial score (nSPS) is 12.7. The van der Waals surface area contributed by atoms with Crippen molar-refractivity contribution < 1.29 is 33.7 Å². The molecule has 3 aromatic heterocycles. The van der Waals surface area contributed by atoms with Gasteiger partial charge in [-0.25, -0.2) is 63.6 Å². The number of hydrogen-bond donors (Lipinski definition) is 6. The average Bonchev–Trinajstić information content (AvgIpc) is 4.31. The topological polar surface area (TPSA) is 294 Å². The monoisotopic (exact) mass is 1170 g/mol. The van der Waals surface area contributed by atoms with Crippen LogP contribution in [0.3, 0.4) is 0 Å². The molecular weight excluding hydrogens is 1100 g/mol. The van der Waals surface area contributed by atoms with Gasteiger partial charge in [0.2, 0.25) is 40.1 Å². The number of unbranched alkanes of at least 4 members (excludes halogenated alkanes) is 12.